The largest absolute Gasteiger partial charge is 0.438 e. The fourth-order valence-electron chi connectivity index (χ4n) is 2.73. The van der Waals surface area contributed by atoms with E-state index in [-0.39, 0.29) is 11.7 Å². The van der Waals surface area contributed by atoms with E-state index in [4.69, 9.17) is 4.74 Å². The van der Waals surface area contributed by atoms with Crippen LogP contribution >= 0.6 is 0 Å². The van der Waals surface area contributed by atoms with Crippen molar-refractivity contribution >= 4 is 5.84 Å². The number of ether oxygens (including phenoxy) is 1. The van der Waals surface area contributed by atoms with Gasteiger partial charge < -0.3 is 19.7 Å². The maximum atomic E-state index is 13.4. The van der Waals surface area contributed by atoms with Crippen LogP contribution in [0.3, 0.4) is 0 Å². The highest BCUT2D eigenvalue weighted by Crippen LogP contribution is 2.26. The molecule has 1 aliphatic heterocycles. The molecule has 2 aromatic rings. The van der Waals surface area contributed by atoms with Gasteiger partial charge in [-0.3, -0.25) is 0 Å². The van der Waals surface area contributed by atoms with Gasteiger partial charge in [-0.1, -0.05) is 11.2 Å². The third-order valence-corrected chi connectivity index (χ3v) is 4.15. The molecule has 25 heavy (non-hydrogen) atoms. The molecule has 1 aliphatic rings. The Morgan fingerprint density at radius 1 is 1.20 bits per heavy atom. The third kappa shape index (κ3) is 4.06. The summed E-state index contributed by atoms with van der Waals surface area (Å²) in [7, 11) is 2.05. The Kier molecular flexibility index (Phi) is 5.14. The molecule has 3 rings (SSSR count). The molecule has 132 valence electrons. The summed E-state index contributed by atoms with van der Waals surface area (Å²) in [6, 6.07) is 9.51. The number of aryl methyl sites for hydroxylation is 1. The van der Waals surface area contributed by atoms with Crippen LogP contribution in [-0.4, -0.2) is 59.1 Å². The lowest BCUT2D eigenvalue weighted by atomic mass is 10.2. The lowest BCUT2D eigenvalue weighted by molar-refractivity contribution is 0.207. The van der Waals surface area contributed by atoms with E-state index in [0.29, 0.717) is 17.1 Å². The van der Waals surface area contributed by atoms with E-state index in [1.54, 1.807) is 12.1 Å². The fourth-order valence-corrected chi connectivity index (χ4v) is 2.73. The van der Waals surface area contributed by atoms with E-state index in [1.165, 1.54) is 12.1 Å². The molecule has 1 aromatic carbocycles. The van der Waals surface area contributed by atoms with Gasteiger partial charge in [0.05, 0.1) is 5.56 Å². The summed E-state index contributed by atoms with van der Waals surface area (Å²) in [6.45, 7) is 5.07. The standard InChI is InChI=1S/C18H21FN4O2/c1-13-6-7-16(17(21-24)23-10-8-22(2)9-11-23)18(20-13)25-15-5-3-4-14(19)12-15/h3-7,12,24H,8-11H2,1-2H3/b21-17-. The van der Waals surface area contributed by atoms with Gasteiger partial charge in [0.15, 0.2) is 5.84 Å². The Balaban J connectivity index is 1.92. The molecule has 1 fully saturated rings. The first-order valence-electron chi connectivity index (χ1n) is 8.14. The lowest BCUT2D eigenvalue weighted by Gasteiger charge is -2.34. The number of hydrogen-bond donors (Lipinski definition) is 1. The molecular weight excluding hydrogens is 323 g/mol. The zero-order chi connectivity index (χ0) is 17.8. The van der Waals surface area contributed by atoms with Gasteiger partial charge in [0, 0.05) is 37.9 Å². The number of pyridine rings is 1. The fraction of sp³-hybridized carbons (Fsp3) is 0.333. The molecule has 0 aliphatic carbocycles. The van der Waals surface area contributed by atoms with Crippen LogP contribution in [0, 0.1) is 12.7 Å². The second kappa shape index (κ2) is 7.48. The van der Waals surface area contributed by atoms with Gasteiger partial charge in [-0.2, -0.15) is 0 Å². The zero-order valence-corrected chi connectivity index (χ0v) is 14.3. The van der Waals surface area contributed by atoms with Crippen LogP contribution in [0.4, 0.5) is 4.39 Å². The van der Waals surface area contributed by atoms with Crippen LogP contribution in [0.5, 0.6) is 11.6 Å². The number of piperazine rings is 1. The topological polar surface area (TPSA) is 61.2 Å². The summed E-state index contributed by atoms with van der Waals surface area (Å²) >= 11 is 0. The molecule has 1 saturated heterocycles. The van der Waals surface area contributed by atoms with Gasteiger partial charge in [-0.05, 0) is 38.2 Å². The summed E-state index contributed by atoms with van der Waals surface area (Å²) in [5.41, 5.74) is 1.33. The first-order valence-corrected chi connectivity index (χ1v) is 8.14. The molecule has 6 nitrogen and oxygen atoms in total. The van der Waals surface area contributed by atoms with Gasteiger partial charge in [0.25, 0.3) is 0 Å². The molecule has 1 aromatic heterocycles. The van der Waals surface area contributed by atoms with Crippen LogP contribution in [-0.2, 0) is 0 Å². The van der Waals surface area contributed by atoms with Gasteiger partial charge >= 0.3 is 0 Å². The van der Waals surface area contributed by atoms with Crippen molar-refractivity contribution in [2.75, 3.05) is 33.2 Å². The smallest absolute Gasteiger partial charge is 0.230 e. The highest BCUT2D eigenvalue weighted by atomic mass is 19.1. The maximum absolute atomic E-state index is 13.4. The first-order chi connectivity index (χ1) is 12.1. The number of benzene rings is 1. The molecule has 0 atom stereocenters. The number of hydrogen-bond acceptors (Lipinski definition) is 5. The third-order valence-electron chi connectivity index (χ3n) is 4.15. The quantitative estimate of drug-likeness (QED) is 0.401. The molecule has 2 heterocycles. The summed E-state index contributed by atoms with van der Waals surface area (Å²) in [5, 5.41) is 13.1. The maximum Gasteiger partial charge on any atom is 0.230 e. The molecule has 0 bridgehead atoms. The van der Waals surface area contributed by atoms with Crippen molar-refractivity contribution in [3.63, 3.8) is 0 Å². The van der Waals surface area contributed by atoms with Gasteiger partial charge in [-0.25, -0.2) is 9.37 Å². The number of amidine groups is 1. The molecular formula is C18H21FN4O2. The van der Waals surface area contributed by atoms with Crippen LogP contribution in [0.1, 0.15) is 11.3 Å². The van der Waals surface area contributed by atoms with Crippen LogP contribution in [0.2, 0.25) is 0 Å². The van der Waals surface area contributed by atoms with E-state index < -0.39 is 0 Å². The number of oxime groups is 1. The number of likely N-dealkylation sites (N-methyl/N-ethyl adjacent to an activating group) is 1. The second-order valence-corrected chi connectivity index (χ2v) is 6.08. The highest BCUT2D eigenvalue weighted by Gasteiger charge is 2.23. The van der Waals surface area contributed by atoms with Gasteiger partial charge in [0.1, 0.15) is 11.6 Å². The predicted molar refractivity (Wildman–Crippen MR) is 92.8 cm³/mol. The van der Waals surface area contributed by atoms with Crippen molar-refractivity contribution in [2.24, 2.45) is 5.16 Å². The molecule has 0 unspecified atom stereocenters. The average Bonchev–Trinajstić information content (AvgIpc) is 2.59. The molecule has 1 N–H and O–H groups in total. The van der Waals surface area contributed by atoms with Crippen LogP contribution in [0.25, 0.3) is 0 Å². The second-order valence-electron chi connectivity index (χ2n) is 6.08. The van der Waals surface area contributed by atoms with E-state index in [9.17, 15) is 9.60 Å². The Morgan fingerprint density at radius 3 is 2.64 bits per heavy atom. The molecule has 0 spiro atoms. The minimum absolute atomic E-state index is 0.289. The lowest BCUT2D eigenvalue weighted by Crippen LogP contribution is -2.47. The van der Waals surface area contributed by atoms with E-state index in [1.807, 2.05) is 24.0 Å². The number of nitrogens with zero attached hydrogens (tertiary/aromatic N) is 4. The zero-order valence-electron chi connectivity index (χ0n) is 14.3. The van der Waals surface area contributed by atoms with Crippen molar-refractivity contribution in [2.45, 2.75) is 6.92 Å². The SMILES string of the molecule is Cc1ccc(/C(=N/O)N2CCN(C)CC2)c(Oc2cccc(F)c2)n1. The minimum Gasteiger partial charge on any atom is -0.438 e. The van der Waals surface area contributed by atoms with Crippen LogP contribution < -0.4 is 4.74 Å². The van der Waals surface area contributed by atoms with E-state index in [2.05, 4.69) is 22.1 Å². The summed E-state index contributed by atoms with van der Waals surface area (Å²) in [6.07, 6.45) is 0. The van der Waals surface area contributed by atoms with Gasteiger partial charge in [0.2, 0.25) is 5.88 Å². The number of aromatic nitrogens is 1. The summed E-state index contributed by atoms with van der Waals surface area (Å²) in [5.74, 6) is 0.654. The summed E-state index contributed by atoms with van der Waals surface area (Å²) in [4.78, 5) is 8.61. The van der Waals surface area contributed by atoms with E-state index >= 15 is 0 Å². The molecule has 0 amide bonds. The highest BCUT2D eigenvalue weighted by molar-refractivity contribution is 6.00. The first kappa shape index (κ1) is 17.2. The normalized spacial score (nSPS) is 16.1. The minimum atomic E-state index is -0.387. The number of rotatable bonds is 3. The Hall–Kier alpha value is -2.67. The van der Waals surface area contributed by atoms with Gasteiger partial charge in [-0.15, -0.1) is 0 Å². The molecule has 0 radical (unpaired) electrons. The predicted octanol–water partition coefficient (Wildman–Crippen LogP) is 2.70. The van der Waals surface area contributed by atoms with Crippen molar-refractivity contribution in [1.29, 1.82) is 0 Å². The van der Waals surface area contributed by atoms with Crippen molar-refractivity contribution < 1.29 is 14.3 Å². The van der Waals surface area contributed by atoms with Crippen LogP contribution in [0.15, 0.2) is 41.6 Å². The van der Waals surface area contributed by atoms with Crippen molar-refractivity contribution in [3.05, 3.63) is 53.5 Å². The Morgan fingerprint density at radius 2 is 1.96 bits per heavy atom. The Bertz CT molecular complexity index is 773. The monoisotopic (exact) mass is 344 g/mol. The number of halogens is 1. The van der Waals surface area contributed by atoms with Crippen molar-refractivity contribution in [1.82, 2.24) is 14.8 Å². The Labute approximate surface area is 146 Å². The summed E-state index contributed by atoms with van der Waals surface area (Å²) < 4.78 is 19.2. The van der Waals surface area contributed by atoms with Crippen molar-refractivity contribution in [3.8, 4) is 11.6 Å². The van der Waals surface area contributed by atoms with E-state index in [0.717, 1.165) is 31.9 Å². The molecule has 0 saturated carbocycles. The molecule has 7 heteroatoms. The average molecular weight is 344 g/mol.